The van der Waals surface area contributed by atoms with Crippen LogP contribution in [0.4, 0.5) is 0 Å². The monoisotopic (exact) mass is 315 g/mol. The first kappa shape index (κ1) is 13.8. The van der Waals surface area contributed by atoms with Gasteiger partial charge >= 0.3 is 0 Å². The van der Waals surface area contributed by atoms with Crippen LogP contribution < -0.4 is 4.72 Å². The summed E-state index contributed by atoms with van der Waals surface area (Å²) in [5.41, 5.74) is 0.483. The molecule has 1 aliphatic rings. The third kappa shape index (κ3) is 2.42. The number of imidazole rings is 1. The molecule has 0 aromatic carbocycles. The van der Waals surface area contributed by atoms with Crippen molar-refractivity contribution >= 4 is 27.3 Å². The maximum atomic E-state index is 12.3. The molecule has 0 aliphatic heterocycles. The van der Waals surface area contributed by atoms with E-state index in [0.717, 1.165) is 0 Å². The first-order valence-electron chi connectivity index (χ1n) is 6.27. The summed E-state index contributed by atoms with van der Waals surface area (Å²) in [6.07, 6.45) is 2.56. The minimum Gasteiger partial charge on any atom is -0.393 e. The van der Waals surface area contributed by atoms with E-state index < -0.39 is 10.0 Å². The molecule has 0 bridgehead atoms. The van der Waals surface area contributed by atoms with Crippen LogP contribution in [-0.2, 0) is 10.0 Å². The van der Waals surface area contributed by atoms with Gasteiger partial charge in [-0.15, -0.1) is 0 Å². The van der Waals surface area contributed by atoms with E-state index in [1.54, 1.807) is 24.4 Å². The molecule has 1 aliphatic carbocycles. The topological polar surface area (TPSA) is 83.7 Å². The summed E-state index contributed by atoms with van der Waals surface area (Å²) < 4.78 is 28.6. The molecular weight excluding hydrogens is 302 g/mol. The van der Waals surface area contributed by atoms with Gasteiger partial charge in [-0.25, -0.2) is 18.1 Å². The van der Waals surface area contributed by atoms with E-state index in [-0.39, 0.29) is 22.2 Å². The summed E-state index contributed by atoms with van der Waals surface area (Å²) in [6, 6.07) is 5.16. The molecule has 3 rings (SSSR count). The SMILES string of the molecule is O=S(=O)(NCC1CC(O)C1)c1c(Cl)nc2ccccn12. The maximum Gasteiger partial charge on any atom is 0.259 e. The minimum atomic E-state index is -3.73. The fraction of sp³-hybridized carbons (Fsp3) is 0.417. The fourth-order valence-electron chi connectivity index (χ4n) is 2.35. The number of nitrogens with one attached hydrogen (secondary N) is 1. The van der Waals surface area contributed by atoms with Crippen LogP contribution in [0.3, 0.4) is 0 Å². The second-order valence-corrected chi connectivity index (χ2v) is 7.02. The third-order valence-corrected chi connectivity index (χ3v) is 5.30. The van der Waals surface area contributed by atoms with E-state index in [4.69, 9.17) is 11.6 Å². The van der Waals surface area contributed by atoms with E-state index in [1.807, 2.05) is 0 Å². The van der Waals surface area contributed by atoms with Crippen molar-refractivity contribution in [3.05, 3.63) is 29.5 Å². The fourth-order valence-corrected chi connectivity index (χ4v) is 4.10. The van der Waals surface area contributed by atoms with E-state index in [1.165, 1.54) is 4.40 Å². The van der Waals surface area contributed by atoms with Crippen molar-refractivity contribution in [2.75, 3.05) is 6.54 Å². The highest BCUT2D eigenvalue weighted by Crippen LogP contribution is 2.27. The first-order chi connectivity index (χ1) is 9.47. The molecule has 0 unspecified atom stereocenters. The zero-order valence-electron chi connectivity index (χ0n) is 10.5. The van der Waals surface area contributed by atoms with Crippen LogP contribution in [0.2, 0.25) is 5.15 Å². The highest BCUT2D eigenvalue weighted by atomic mass is 35.5. The molecule has 0 atom stereocenters. The Labute approximate surface area is 121 Å². The van der Waals surface area contributed by atoms with Crippen molar-refractivity contribution in [1.82, 2.24) is 14.1 Å². The normalized spacial score (nSPS) is 22.9. The van der Waals surface area contributed by atoms with Crippen LogP contribution >= 0.6 is 11.6 Å². The number of nitrogens with zero attached hydrogens (tertiary/aromatic N) is 2. The molecule has 1 fully saturated rings. The van der Waals surface area contributed by atoms with Gasteiger partial charge in [0, 0.05) is 12.7 Å². The number of rotatable bonds is 4. The number of halogens is 1. The molecular formula is C12H14ClN3O3S. The summed E-state index contributed by atoms with van der Waals surface area (Å²) in [5, 5.41) is 9.11. The lowest BCUT2D eigenvalue weighted by Gasteiger charge is -2.31. The lowest BCUT2D eigenvalue weighted by molar-refractivity contribution is 0.0453. The van der Waals surface area contributed by atoms with Crippen molar-refractivity contribution in [2.24, 2.45) is 5.92 Å². The van der Waals surface area contributed by atoms with E-state index in [2.05, 4.69) is 9.71 Å². The molecule has 0 radical (unpaired) electrons. The van der Waals surface area contributed by atoms with Crippen molar-refractivity contribution < 1.29 is 13.5 Å². The third-order valence-electron chi connectivity index (χ3n) is 3.47. The number of hydrogen-bond acceptors (Lipinski definition) is 4. The molecule has 20 heavy (non-hydrogen) atoms. The van der Waals surface area contributed by atoms with Crippen molar-refractivity contribution in [3.8, 4) is 0 Å². The van der Waals surface area contributed by atoms with Gasteiger partial charge in [-0.05, 0) is 30.9 Å². The average Bonchev–Trinajstić information content (AvgIpc) is 2.69. The Balaban J connectivity index is 1.87. The molecule has 2 N–H and O–H groups in total. The van der Waals surface area contributed by atoms with Crippen LogP contribution in [-0.4, -0.2) is 35.6 Å². The Hall–Kier alpha value is -1.15. The smallest absolute Gasteiger partial charge is 0.259 e. The van der Waals surface area contributed by atoms with Crippen LogP contribution in [0.5, 0.6) is 0 Å². The second kappa shape index (κ2) is 5.00. The van der Waals surface area contributed by atoms with Crippen LogP contribution in [0.25, 0.3) is 5.65 Å². The molecule has 108 valence electrons. The van der Waals surface area contributed by atoms with Gasteiger partial charge in [0.05, 0.1) is 6.10 Å². The lowest BCUT2D eigenvalue weighted by Crippen LogP contribution is -2.38. The number of aliphatic hydroxyl groups excluding tert-OH is 1. The number of sulfonamides is 1. The quantitative estimate of drug-likeness (QED) is 0.883. The van der Waals surface area contributed by atoms with Crippen molar-refractivity contribution in [1.29, 1.82) is 0 Å². The molecule has 0 spiro atoms. The van der Waals surface area contributed by atoms with Gasteiger partial charge in [-0.2, -0.15) is 0 Å². The number of aliphatic hydroxyl groups is 1. The van der Waals surface area contributed by atoms with Gasteiger partial charge in [-0.3, -0.25) is 4.40 Å². The summed E-state index contributed by atoms with van der Waals surface area (Å²) in [6.45, 7) is 0.301. The van der Waals surface area contributed by atoms with Gasteiger partial charge in [0.25, 0.3) is 10.0 Å². The summed E-state index contributed by atoms with van der Waals surface area (Å²) in [7, 11) is -3.73. The number of fused-ring (bicyclic) bond motifs is 1. The molecule has 0 amide bonds. The van der Waals surface area contributed by atoms with Gasteiger partial charge in [-0.1, -0.05) is 17.7 Å². The van der Waals surface area contributed by atoms with Gasteiger partial charge in [0.15, 0.2) is 10.2 Å². The zero-order valence-corrected chi connectivity index (χ0v) is 12.1. The molecule has 0 saturated heterocycles. The Morgan fingerprint density at radius 2 is 2.20 bits per heavy atom. The summed E-state index contributed by atoms with van der Waals surface area (Å²) >= 11 is 5.95. The summed E-state index contributed by atoms with van der Waals surface area (Å²) in [5.74, 6) is 0.178. The molecule has 2 aromatic rings. The minimum absolute atomic E-state index is 0.0441. The molecule has 6 nitrogen and oxygen atoms in total. The molecule has 2 heterocycles. The number of hydrogen-bond donors (Lipinski definition) is 2. The zero-order chi connectivity index (χ0) is 14.3. The largest absolute Gasteiger partial charge is 0.393 e. The van der Waals surface area contributed by atoms with Gasteiger partial charge in [0.1, 0.15) is 5.65 Å². The first-order valence-corrected chi connectivity index (χ1v) is 8.14. The Kier molecular flexibility index (Phi) is 3.45. The maximum absolute atomic E-state index is 12.3. The highest BCUT2D eigenvalue weighted by molar-refractivity contribution is 7.89. The van der Waals surface area contributed by atoms with Crippen LogP contribution in [0.15, 0.2) is 29.4 Å². The number of aromatic nitrogens is 2. The van der Waals surface area contributed by atoms with E-state index in [9.17, 15) is 13.5 Å². The molecule has 2 aromatic heterocycles. The standard InChI is InChI=1S/C12H14ClN3O3S/c13-11-12(16-4-2-1-3-10(16)15-11)20(18,19)14-7-8-5-9(17)6-8/h1-4,8-9,14,17H,5-7H2. The van der Waals surface area contributed by atoms with E-state index in [0.29, 0.717) is 25.0 Å². The lowest BCUT2D eigenvalue weighted by atomic mass is 9.83. The Bertz CT molecular complexity index is 737. The average molecular weight is 316 g/mol. The van der Waals surface area contributed by atoms with Crippen molar-refractivity contribution in [3.63, 3.8) is 0 Å². The predicted molar refractivity (Wildman–Crippen MR) is 74.1 cm³/mol. The second-order valence-electron chi connectivity index (χ2n) is 4.98. The van der Waals surface area contributed by atoms with Gasteiger partial charge in [0.2, 0.25) is 0 Å². The van der Waals surface area contributed by atoms with Gasteiger partial charge < -0.3 is 5.11 Å². The highest BCUT2D eigenvalue weighted by Gasteiger charge is 2.30. The van der Waals surface area contributed by atoms with Crippen LogP contribution in [0.1, 0.15) is 12.8 Å². The number of pyridine rings is 1. The predicted octanol–water partition coefficient (Wildman–Crippen LogP) is 1.04. The van der Waals surface area contributed by atoms with Crippen molar-refractivity contribution in [2.45, 2.75) is 24.0 Å². The van der Waals surface area contributed by atoms with E-state index >= 15 is 0 Å². The Morgan fingerprint density at radius 1 is 1.45 bits per heavy atom. The summed E-state index contributed by atoms with van der Waals surface area (Å²) in [4.78, 5) is 4.02. The molecule has 8 heteroatoms. The van der Waals surface area contributed by atoms with Crippen LogP contribution in [0, 0.1) is 5.92 Å². The Morgan fingerprint density at radius 3 is 2.90 bits per heavy atom. The molecule has 1 saturated carbocycles.